The van der Waals surface area contributed by atoms with Crippen molar-refractivity contribution in [3.8, 4) is 11.1 Å². The Hall–Kier alpha value is -3.54. The molecular weight excluding hydrogens is 428 g/mol. The summed E-state index contributed by atoms with van der Waals surface area (Å²) < 4.78 is 0. The third-order valence-corrected chi connectivity index (χ3v) is 8.51. The van der Waals surface area contributed by atoms with E-state index in [1.807, 2.05) is 37.3 Å². The zero-order valence-corrected chi connectivity index (χ0v) is 19.6. The van der Waals surface area contributed by atoms with Crippen LogP contribution < -0.4 is 4.90 Å². The minimum atomic E-state index is -0.592. The van der Waals surface area contributed by atoms with E-state index in [1.54, 1.807) is 0 Å². The van der Waals surface area contributed by atoms with Crippen LogP contribution in [-0.2, 0) is 19.2 Å². The Morgan fingerprint density at radius 1 is 0.588 bits per heavy atom. The van der Waals surface area contributed by atoms with Gasteiger partial charge in [-0.25, -0.2) is 4.90 Å². The Balaban J connectivity index is 1.37. The summed E-state index contributed by atoms with van der Waals surface area (Å²) in [7, 11) is 1.49. The number of rotatable bonds is 2. The van der Waals surface area contributed by atoms with Crippen LogP contribution in [0.5, 0.6) is 0 Å². The molecule has 0 N–H and O–H groups in total. The molecule has 34 heavy (non-hydrogen) atoms. The molecule has 5 aliphatic rings. The Bertz CT molecular complexity index is 1290. The van der Waals surface area contributed by atoms with Gasteiger partial charge in [0.1, 0.15) is 0 Å². The third-order valence-electron chi connectivity index (χ3n) is 8.51. The maximum atomic E-state index is 13.6. The summed E-state index contributed by atoms with van der Waals surface area (Å²) in [6.07, 6.45) is 3.78. The van der Waals surface area contributed by atoms with Crippen molar-refractivity contribution in [1.29, 1.82) is 0 Å². The van der Waals surface area contributed by atoms with Gasteiger partial charge in [-0.3, -0.25) is 24.1 Å². The van der Waals surface area contributed by atoms with Crippen molar-refractivity contribution >= 4 is 29.3 Å². The maximum absolute atomic E-state index is 13.6. The predicted octanol–water partition coefficient (Wildman–Crippen LogP) is 3.43. The van der Waals surface area contributed by atoms with Gasteiger partial charge in [-0.15, -0.1) is 0 Å². The van der Waals surface area contributed by atoms with Gasteiger partial charge < -0.3 is 0 Å². The van der Waals surface area contributed by atoms with Gasteiger partial charge in [0.2, 0.25) is 23.6 Å². The van der Waals surface area contributed by atoms with Gasteiger partial charge in [0.15, 0.2) is 0 Å². The molecule has 172 valence electrons. The highest BCUT2D eigenvalue weighted by molar-refractivity contribution is 6.23. The number of imide groups is 2. The first-order valence-corrected chi connectivity index (χ1v) is 11.8. The van der Waals surface area contributed by atoms with E-state index in [2.05, 4.69) is 32.0 Å². The molecule has 1 saturated carbocycles. The van der Waals surface area contributed by atoms with Crippen LogP contribution in [-0.4, -0.2) is 35.6 Å². The van der Waals surface area contributed by atoms with E-state index < -0.39 is 35.5 Å². The fraction of sp³-hybridized carbons (Fsp3) is 0.357. The molecule has 0 radical (unpaired) electrons. The molecule has 7 rings (SSSR count). The number of aryl methyl sites for hydroxylation is 3. The lowest BCUT2D eigenvalue weighted by Crippen LogP contribution is -2.50. The lowest BCUT2D eigenvalue weighted by molar-refractivity contribution is -0.138. The van der Waals surface area contributed by atoms with Gasteiger partial charge in [0.05, 0.1) is 29.4 Å². The molecule has 2 bridgehead atoms. The van der Waals surface area contributed by atoms with Crippen molar-refractivity contribution in [3.05, 3.63) is 65.2 Å². The second-order valence-electron chi connectivity index (χ2n) is 10.2. The van der Waals surface area contributed by atoms with Crippen molar-refractivity contribution in [2.45, 2.75) is 20.8 Å². The van der Waals surface area contributed by atoms with Gasteiger partial charge in [0, 0.05) is 18.9 Å². The van der Waals surface area contributed by atoms with E-state index in [1.165, 1.54) is 28.0 Å². The molecule has 2 saturated heterocycles. The summed E-state index contributed by atoms with van der Waals surface area (Å²) in [6.45, 7) is 6.06. The standard InChI is InChI=1S/C28H26N2O4/c1-13-5-6-16(11-14(13)2)17-7-10-20(15(3)12-17)30-27(33)23-18-8-9-19(24(23)28(30)34)22-21(18)25(31)29(4)26(22)32/h5-12,18-19,21-24H,1-4H3. The first-order chi connectivity index (χ1) is 16.2. The topological polar surface area (TPSA) is 74.8 Å². The van der Waals surface area contributed by atoms with Gasteiger partial charge >= 0.3 is 0 Å². The van der Waals surface area contributed by atoms with E-state index in [4.69, 9.17) is 0 Å². The Labute approximate surface area is 198 Å². The largest absolute Gasteiger partial charge is 0.285 e. The van der Waals surface area contributed by atoms with Gasteiger partial charge in [0.25, 0.3) is 0 Å². The Kier molecular flexibility index (Phi) is 4.32. The molecule has 0 aromatic heterocycles. The first-order valence-electron chi connectivity index (χ1n) is 11.8. The summed E-state index contributed by atoms with van der Waals surface area (Å²) in [5.41, 5.74) is 5.96. The fourth-order valence-corrected chi connectivity index (χ4v) is 6.62. The lowest BCUT2D eigenvalue weighted by atomic mass is 9.54. The summed E-state index contributed by atoms with van der Waals surface area (Å²) >= 11 is 0. The van der Waals surface area contributed by atoms with Crippen LogP contribution in [0.3, 0.4) is 0 Å². The number of carbonyl (C=O) groups excluding carboxylic acids is 4. The van der Waals surface area contributed by atoms with Crippen molar-refractivity contribution in [2.24, 2.45) is 35.5 Å². The molecule has 0 spiro atoms. The molecule has 4 amide bonds. The second kappa shape index (κ2) is 6.98. The van der Waals surface area contributed by atoms with Gasteiger partial charge in [-0.1, -0.05) is 36.4 Å². The lowest BCUT2D eigenvalue weighted by Gasteiger charge is -2.44. The number of allylic oxidation sites excluding steroid dienone is 2. The maximum Gasteiger partial charge on any atom is 0.238 e. The van der Waals surface area contributed by atoms with E-state index in [-0.39, 0.29) is 23.6 Å². The van der Waals surface area contributed by atoms with E-state index in [9.17, 15) is 19.2 Å². The Morgan fingerprint density at radius 3 is 1.56 bits per heavy atom. The molecule has 6 unspecified atom stereocenters. The van der Waals surface area contributed by atoms with Crippen molar-refractivity contribution in [2.75, 3.05) is 11.9 Å². The number of anilines is 1. The van der Waals surface area contributed by atoms with Crippen LogP contribution in [0.1, 0.15) is 16.7 Å². The third kappa shape index (κ3) is 2.57. The SMILES string of the molecule is Cc1ccc(-c2ccc(N3C(=O)C4C5C=CC(C6C(=O)N(C)C(=O)C56)C4C3=O)c(C)c2)cc1C. The second-order valence-corrected chi connectivity index (χ2v) is 10.2. The average Bonchev–Trinajstić information content (AvgIpc) is 3.23. The van der Waals surface area contributed by atoms with Crippen LogP contribution in [0.15, 0.2) is 48.6 Å². The van der Waals surface area contributed by atoms with E-state index >= 15 is 0 Å². The minimum absolute atomic E-state index is 0.236. The highest BCUT2D eigenvalue weighted by Crippen LogP contribution is 2.58. The minimum Gasteiger partial charge on any atom is -0.285 e. The molecule has 3 aliphatic carbocycles. The zero-order chi connectivity index (χ0) is 24.0. The molecule has 2 aromatic rings. The average molecular weight is 455 g/mol. The number of hydrogen-bond acceptors (Lipinski definition) is 4. The Morgan fingerprint density at radius 2 is 1.06 bits per heavy atom. The van der Waals surface area contributed by atoms with Crippen molar-refractivity contribution < 1.29 is 19.2 Å². The number of hydrogen-bond donors (Lipinski definition) is 0. The number of carbonyl (C=O) groups is 4. The van der Waals surface area contributed by atoms with E-state index in [0.29, 0.717) is 5.69 Å². The summed E-state index contributed by atoms with van der Waals surface area (Å²) in [6, 6.07) is 12.1. The number of likely N-dealkylation sites (tertiary alicyclic amines) is 1. The molecule has 6 nitrogen and oxygen atoms in total. The van der Waals surface area contributed by atoms with Crippen LogP contribution in [0.25, 0.3) is 11.1 Å². The summed E-state index contributed by atoms with van der Waals surface area (Å²) in [5, 5.41) is 0. The van der Waals surface area contributed by atoms with Gasteiger partial charge in [-0.05, 0) is 60.7 Å². The smallest absolute Gasteiger partial charge is 0.238 e. The van der Waals surface area contributed by atoms with Crippen LogP contribution in [0, 0.1) is 56.3 Å². The monoisotopic (exact) mass is 454 g/mol. The number of nitrogens with zero attached hydrogens (tertiary/aromatic N) is 2. The molecule has 6 heteroatoms. The summed E-state index contributed by atoms with van der Waals surface area (Å²) in [5.74, 6) is -4.10. The fourth-order valence-electron chi connectivity index (χ4n) is 6.62. The van der Waals surface area contributed by atoms with Crippen molar-refractivity contribution in [3.63, 3.8) is 0 Å². The molecule has 2 aliphatic heterocycles. The molecule has 6 atom stereocenters. The quantitative estimate of drug-likeness (QED) is 0.515. The highest BCUT2D eigenvalue weighted by Gasteiger charge is 2.68. The number of benzene rings is 2. The zero-order valence-electron chi connectivity index (χ0n) is 19.6. The molecule has 3 fully saturated rings. The van der Waals surface area contributed by atoms with Crippen LogP contribution >= 0.6 is 0 Å². The highest BCUT2D eigenvalue weighted by atomic mass is 16.2. The number of amides is 4. The van der Waals surface area contributed by atoms with Crippen LogP contribution in [0.2, 0.25) is 0 Å². The molecule has 2 heterocycles. The molecular formula is C28H26N2O4. The first kappa shape index (κ1) is 21.0. The van der Waals surface area contributed by atoms with E-state index in [0.717, 1.165) is 16.7 Å². The van der Waals surface area contributed by atoms with Gasteiger partial charge in [-0.2, -0.15) is 0 Å². The normalized spacial score (nSPS) is 31.5. The van der Waals surface area contributed by atoms with Crippen LogP contribution in [0.4, 0.5) is 5.69 Å². The molecule has 2 aromatic carbocycles. The summed E-state index contributed by atoms with van der Waals surface area (Å²) in [4.78, 5) is 55.4. The predicted molar refractivity (Wildman–Crippen MR) is 126 cm³/mol. The van der Waals surface area contributed by atoms with Crippen molar-refractivity contribution in [1.82, 2.24) is 4.90 Å².